The molecule has 3 rings (SSSR count). The van der Waals surface area contributed by atoms with Crippen LogP contribution in [-0.4, -0.2) is 46.6 Å². The zero-order valence-electron chi connectivity index (χ0n) is 13.9. The summed E-state index contributed by atoms with van der Waals surface area (Å²) in [5.74, 6) is -1.23. The third kappa shape index (κ3) is 4.26. The van der Waals surface area contributed by atoms with Crippen LogP contribution in [0.2, 0.25) is 0 Å². The number of aliphatic carboxylic acids is 1. The number of carbonyl (C=O) groups is 2. The molecule has 0 aromatic carbocycles. The highest BCUT2D eigenvalue weighted by Gasteiger charge is 2.27. The average molecular weight is 351 g/mol. The Hall–Kier alpha value is -1.63. The fraction of sp³-hybridized carbons (Fsp3) is 0.706. The summed E-state index contributed by atoms with van der Waals surface area (Å²) in [6.45, 7) is 1.58. The van der Waals surface area contributed by atoms with E-state index in [0.717, 1.165) is 25.7 Å². The van der Waals surface area contributed by atoms with Gasteiger partial charge in [-0.3, -0.25) is 4.79 Å². The molecule has 7 heteroatoms. The number of aromatic nitrogens is 1. The molecule has 1 saturated heterocycles. The van der Waals surface area contributed by atoms with Crippen molar-refractivity contribution in [3.05, 3.63) is 15.6 Å². The van der Waals surface area contributed by atoms with Crippen LogP contribution in [0.15, 0.2) is 0 Å². The van der Waals surface area contributed by atoms with Gasteiger partial charge in [-0.25, -0.2) is 9.78 Å². The van der Waals surface area contributed by atoms with Gasteiger partial charge in [0, 0.05) is 30.9 Å². The van der Waals surface area contributed by atoms with Gasteiger partial charge in [0.15, 0.2) is 0 Å². The van der Waals surface area contributed by atoms with Crippen LogP contribution in [0.5, 0.6) is 0 Å². The van der Waals surface area contributed by atoms with Crippen molar-refractivity contribution in [2.75, 3.05) is 19.6 Å². The molecule has 2 heterocycles. The topological polar surface area (TPSA) is 82.5 Å². The maximum Gasteiger partial charge on any atom is 0.317 e. The third-order valence-electron chi connectivity index (χ3n) is 4.79. The number of fused-ring (bicyclic) bond motifs is 1. The van der Waals surface area contributed by atoms with Crippen LogP contribution in [0, 0.1) is 5.92 Å². The van der Waals surface area contributed by atoms with Gasteiger partial charge in [-0.2, -0.15) is 0 Å². The normalized spacial score (nSPS) is 20.5. The van der Waals surface area contributed by atoms with E-state index in [1.54, 1.807) is 4.90 Å². The molecule has 0 bridgehead atoms. The van der Waals surface area contributed by atoms with Crippen molar-refractivity contribution in [3.63, 3.8) is 0 Å². The van der Waals surface area contributed by atoms with Crippen molar-refractivity contribution in [1.82, 2.24) is 15.2 Å². The monoisotopic (exact) mass is 351 g/mol. The number of carboxylic acid groups (broad SMARTS) is 1. The lowest BCUT2D eigenvalue weighted by atomic mass is 9.99. The van der Waals surface area contributed by atoms with E-state index in [9.17, 15) is 9.59 Å². The summed E-state index contributed by atoms with van der Waals surface area (Å²) in [4.78, 5) is 31.0. The van der Waals surface area contributed by atoms with Gasteiger partial charge in [-0.05, 0) is 44.9 Å². The molecule has 0 saturated carbocycles. The van der Waals surface area contributed by atoms with Crippen molar-refractivity contribution in [2.45, 2.75) is 51.4 Å². The molecule has 1 aromatic rings. The highest BCUT2D eigenvalue weighted by Crippen LogP contribution is 2.27. The number of hydrogen-bond acceptors (Lipinski definition) is 4. The third-order valence-corrected chi connectivity index (χ3v) is 6.01. The second-order valence-corrected chi connectivity index (χ2v) is 7.81. The van der Waals surface area contributed by atoms with E-state index in [0.29, 0.717) is 26.1 Å². The molecule has 2 amide bonds. The van der Waals surface area contributed by atoms with E-state index in [1.807, 2.05) is 11.3 Å². The molecule has 2 aliphatic rings. The smallest absolute Gasteiger partial charge is 0.317 e. The molecule has 1 aliphatic heterocycles. The quantitative estimate of drug-likeness (QED) is 0.798. The van der Waals surface area contributed by atoms with Crippen LogP contribution in [0.4, 0.5) is 4.79 Å². The zero-order valence-corrected chi connectivity index (χ0v) is 14.7. The number of rotatable bonds is 5. The second kappa shape index (κ2) is 7.96. The summed E-state index contributed by atoms with van der Waals surface area (Å²) < 4.78 is 0. The molecule has 6 nitrogen and oxygen atoms in total. The zero-order chi connectivity index (χ0) is 16.9. The molecule has 1 atom stereocenters. The molecule has 1 aromatic heterocycles. The van der Waals surface area contributed by atoms with Gasteiger partial charge >= 0.3 is 12.0 Å². The largest absolute Gasteiger partial charge is 0.481 e. The van der Waals surface area contributed by atoms with Gasteiger partial charge in [-0.15, -0.1) is 11.3 Å². The minimum absolute atomic E-state index is 0.139. The molecular weight excluding hydrogens is 326 g/mol. The molecule has 1 aliphatic carbocycles. The summed E-state index contributed by atoms with van der Waals surface area (Å²) in [6, 6.07) is -0.139. The summed E-state index contributed by atoms with van der Waals surface area (Å²) in [7, 11) is 0. The number of piperidine rings is 1. The Morgan fingerprint density at radius 1 is 1.29 bits per heavy atom. The minimum atomic E-state index is -0.805. The van der Waals surface area contributed by atoms with Gasteiger partial charge in [0.25, 0.3) is 0 Å². The number of carbonyl (C=O) groups excluding carboxylic acids is 1. The predicted octanol–water partition coefficient (Wildman–Crippen LogP) is 2.46. The predicted molar refractivity (Wildman–Crippen MR) is 92.4 cm³/mol. The molecule has 24 heavy (non-hydrogen) atoms. The number of nitrogens with zero attached hydrogens (tertiary/aromatic N) is 2. The Morgan fingerprint density at radius 3 is 2.92 bits per heavy atom. The van der Waals surface area contributed by atoms with E-state index >= 15 is 0 Å². The highest BCUT2D eigenvalue weighted by atomic mass is 32.1. The number of carboxylic acids is 1. The molecular formula is C17H25N3O3S. The van der Waals surface area contributed by atoms with E-state index in [-0.39, 0.29) is 6.03 Å². The SMILES string of the molecule is O=C(O)C1CCCN(C(=O)NCCCc2nc3c(s2)CCCC3)C1. The minimum Gasteiger partial charge on any atom is -0.481 e. The van der Waals surface area contributed by atoms with Crippen molar-refractivity contribution in [2.24, 2.45) is 5.92 Å². The molecule has 0 spiro atoms. The molecule has 2 N–H and O–H groups in total. The summed E-state index contributed by atoms with van der Waals surface area (Å²) in [5, 5.41) is 13.2. The van der Waals surface area contributed by atoms with Crippen LogP contribution in [0.3, 0.4) is 0 Å². The maximum atomic E-state index is 12.1. The van der Waals surface area contributed by atoms with Crippen LogP contribution >= 0.6 is 11.3 Å². The fourth-order valence-corrected chi connectivity index (χ4v) is 4.62. The number of aryl methyl sites for hydroxylation is 3. The average Bonchev–Trinajstić information content (AvgIpc) is 3.01. The molecule has 1 fully saturated rings. The lowest BCUT2D eigenvalue weighted by molar-refractivity contribution is -0.143. The number of nitrogens with one attached hydrogen (secondary N) is 1. The van der Waals surface area contributed by atoms with Gasteiger partial charge < -0.3 is 15.3 Å². The highest BCUT2D eigenvalue weighted by molar-refractivity contribution is 7.11. The first-order chi connectivity index (χ1) is 11.6. The molecule has 132 valence electrons. The summed E-state index contributed by atoms with van der Waals surface area (Å²) >= 11 is 1.83. The van der Waals surface area contributed by atoms with Crippen LogP contribution < -0.4 is 5.32 Å². The van der Waals surface area contributed by atoms with Gasteiger partial charge in [-0.1, -0.05) is 0 Å². The van der Waals surface area contributed by atoms with Crippen LogP contribution in [0.25, 0.3) is 0 Å². The van der Waals surface area contributed by atoms with Crippen LogP contribution in [0.1, 0.15) is 47.7 Å². The Kier molecular flexibility index (Phi) is 5.71. The Labute approximate surface area is 146 Å². The van der Waals surface area contributed by atoms with Crippen molar-refractivity contribution < 1.29 is 14.7 Å². The van der Waals surface area contributed by atoms with Crippen molar-refractivity contribution in [1.29, 1.82) is 0 Å². The summed E-state index contributed by atoms with van der Waals surface area (Å²) in [5.41, 5.74) is 1.29. The molecule has 1 unspecified atom stereocenters. The van der Waals surface area contributed by atoms with E-state index < -0.39 is 11.9 Å². The van der Waals surface area contributed by atoms with Crippen molar-refractivity contribution >= 4 is 23.3 Å². The Morgan fingerprint density at radius 2 is 2.12 bits per heavy atom. The lowest BCUT2D eigenvalue weighted by Gasteiger charge is -2.30. The van der Waals surface area contributed by atoms with Gasteiger partial charge in [0.05, 0.1) is 16.6 Å². The van der Waals surface area contributed by atoms with Gasteiger partial charge in [0.2, 0.25) is 0 Å². The fourth-order valence-electron chi connectivity index (χ4n) is 3.42. The lowest BCUT2D eigenvalue weighted by Crippen LogP contribution is -2.47. The number of urea groups is 1. The Balaban J connectivity index is 1.39. The maximum absolute atomic E-state index is 12.1. The number of likely N-dealkylation sites (tertiary alicyclic amines) is 1. The first-order valence-corrected chi connectivity index (χ1v) is 9.68. The molecule has 0 radical (unpaired) electrons. The van der Waals surface area contributed by atoms with E-state index in [4.69, 9.17) is 10.1 Å². The number of hydrogen-bond donors (Lipinski definition) is 2. The number of thiazole rings is 1. The Bertz CT molecular complexity index is 578. The number of amides is 2. The van der Waals surface area contributed by atoms with Crippen molar-refractivity contribution in [3.8, 4) is 0 Å². The van der Waals surface area contributed by atoms with E-state index in [2.05, 4.69) is 5.32 Å². The van der Waals surface area contributed by atoms with Gasteiger partial charge in [0.1, 0.15) is 0 Å². The standard InChI is InChI=1S/C17H25N3O3S/c21-16(22)12-5-4-10-20(11-12)17(23)18-9-3-8-15-19-13-6-1-2-7-14(13)24-15/h12H,1-11H2,(H,18,23)(H,21,22). The first-order valence-electron chi connectivity index (χ1n) is 8.86. The van der Waals surface area contributed by atoms with E-state index in [1.165, 1.54) is 34.8 Å². The second-order valence-electron chi connectivity index (χ2n) is 6.64. The summed E-state index contributed by atoms with van der Waals surface area (Å²) in [6.07, 6.45) is 8.00. The first kappa shape index (κ1) is 17.2. The van der Waals surface area contributed by atoms with Crippen LogP contribution in [-0.2, 0) is 24.1 Å².